The third-order valence-corrected chi connectivity index (χ3v) is 3.79. The third kappa shape index (κ3) is 1.46. The molecule has 1 heterocycles. The second-order valence-electron chi connectivity index (χ2n) is 4.16. The van der Waals surface area contributed by atoms with Crippen molar-refractivity contribution in [3.8, 4) is 0 Å². The van der Waals surface area contributed by atoms with Gasteiger partial charge in [-0.1, -0.05) is 35.3 Å². The zero-order chi connectivity index (χ0) is 12.9. The molecule has 0 saturated carbocycles. The fourth-order valence-electron chi connectivity index (χ4n) is 2.29. The van der Waals surface area contributed by atoms with Crippen molar-refractivity contribution in [1.29, 1.82) is 0 Å². The van der Waals surface area contributed by atoms with E-state index in [1.54, 1.807) is 12.1 Å². The average Bonchev–Trinajstić information content (AvgIpc) is 2.35. The van der Waals surface area contributed by atoms with Crippen LogP contribution in [0.5, 0.6) is 0 Å². The molecular formula is C14H9Cl2NO. The molecular weight excluding hydrogens is 269 g/mol. The number of nitrogens with zero attached hydrogens (tertiary/aromatic N) is 1. The molecule has 90 valence electrons. The summed E-state index contributed by atoms with van der Waals surface area (Å²) in [6.07, 6.45) is 0. The number of aryl methyl sites for hydroxylation is 1. The molecule has 0 aliphatic heterocycles. The van der Waals surface area contributed by atoms with Crippen LogP contribution in [0.4, 0.5) is 0 Å². The molecule has 0 bridgehead atoms. The maximum Gasteiger partial charge on any atom is 0.200 e. The van der Waals surface area contributed by atoms with Crippen LogP contribution in [-0.2, 0) is 7.05 Å². The second-order valence-corrected chi connectivity index (χ2v) is 4.97. The highest BCUT2D eigenvalue weighted by atomic mass is 35.5. The predicted octanol–water partition coefficient (Wildman–Crippen LogP) is 4.00. The van der Waals surface area contributed by atoms with E-state index in [2.05, 4.69) is 0 Å². The van der Waals surface area contributed by atoms with Crippen LogP contribution in [0.1, 0.15) is 0 Å². The smallest absolute Gasteiger partial charge is 0.200 e. The molecule has 0 fully saturated rings. The van der Waals surface area contributed by atoms with E-state index in [0.717, 1.165) is 11.0 Å². The molecule has 0 unspecified atom stereocenters. The summed E-state index contributed by atoms with van der Waals surface area (Å²) in [6, 6.07) is 10.9. The lowest BCUT2D eigenvalue weighted by atomic mass is 10.1. The third-order valence-electron chi connectivity index (χ3n) is 3.16. The standard InChI is InChI=1S/C14H9Cl2NO/c1-17-10-6-2-4-8(15)12(10)14(18)13-9(16)5-3-7-11(13)17/h2-7H,1H3. The molecule has 0 amide bonds. The lowest BCUT2D eigenvalue weighted by molar-refractivity contribution is 1.00. The van der Waals surface area contributed by atoms with E-state index < -0.39 is 0 Å². The number of pyridine rings is 1. The molecule has 0 N–H and O–H groups in total. The number of hydrogen-bond donors (Lipinski definition) is 0. The molecule has 4 heteroatoms. The van der Waals surface area contributed by atoms with Crippen molar-refractivity contribution in [3.05, 3.63) is 56.7 Å². The van der Waals surface area contributed by atoms with Gasteiger partial charge >= 0.3 is 0 Å². The highest BCUT2D eigenvalue weighted by Gasteiger charge is 2.12. The summed E-state index contributed by atoms with van der Waals surface area (Å²) >= 11 is 12.3. The van der Waals surface area contributed by atoms with Crippen LogP contribution < -0.4 is 5.43 Å². The maximum atomic E-state index is 12.5. The summed E-state index contributed by atoms with van der Waals surface area (Å²) in [4.78, 5) is 12.5. The average molecular weight is 278 g/mol. The number of hydrogen-bond acceptors (Lipinski definition) is 1. The van der Waals surface area contributed by atoms with E-state index in [9.17, 15) is 4.79 Å². The van der Waals surface area contributed by atoms with E-state index in [4.69, 9.17) is 23.2 Å². The predicted molar refractivity (Wildman–Crippen MR) is 76.7 cm³/mol. The zero-order valence-electron chi connectivity index (χ0n) is 9.58. The van der Waals surface area contributed by atoms with Crippen molar-refractivity contribution < 1.29 is 0 Å². The number of aromatic nitrogens is 1. The van der Waals surface area contributed by atoms with Crippen LogP contribution in [-0.4, -0.2) is 4.57 Å². The first-order valence-electron chi connectivity index (χ1n) is 5.46. The number of halogens is 2. The van der Waals surface area contributed by atoms with Crippen LogP contribution in [0.15, 0.2) is 41.2 Å². The van der Waals surface area contributed by atoms with Crippen molar-refractivity contribution >= 4 is 45.0 Å². The molecule has 2 aromatic carbocycles. The van der Waals surface area contributed by atoms with Gasteiger partial charge in [-0.3, -0.25) is 4.79 Å². The Morgan fingerprint density at radius 2 is 1.33 bits per heavy atom. The summed E-state index contributed by atoms with van der Waals surface area (Å²) in [5, 5.41) is 1.94. The van der Waals surface area contributed by atoms with Crippen molar-refractivity contribution in [1.82, 2.24) is 4.57 Å². The quantitative estimate of drug-likeness (QED) is 0.570. The van der Waals surface area contributed by atoms with Crippen molar-refractivity contribution in [2.75, 3.05) is 0 Å². The van der Waals surface area contributed by atoms with Crippen LogP contribution >= 0.6 is 23.2 Å². The Balaban J connectivity index is 2.76. The molecule has 2 nitrogen and oxygen atoms in total. The summed E-state index contributed by atoms with van der Waals surface area (Å²) < 4.78 is 1.93. The molecule has 0 spiro atoms. The molecule has 3 rings (SSSR count). The van der Waals surface area contributed by atoms with E-state index in [0.29, 0.717) is 20.8 Å². The normalized spacial score (nSPS) is 11.3. The van der Waals surface area contributed by atoms with Gasteiger partial charge < -0.3 is 4.57 Å². The Labute approximate surface area is 113 Å². The minimum absolute atomic E-state index is 0.116. The first-order chi connectivity index (χ1) is 8.61. The summed E-state index contributed by atoms with van der Waals surface area (Å²) in [5.41, 5.74) is 1.50. The zero-order valence-corrected chi connectivity index (χ0v) is 11.1. The van der Waals surface area contributed by atoms with Gasteiger partial charge in [-0.25, -0.2) is 0 Å². The van der Waals surface area contributed by atoms with Crippen LogP contribution in [0.3, 0.4) is 0 Å². The van der Waals surface area contributed by atoms with Gasteiger partial charge in [0.25, 0.3) is 0 Å². The van der Waals surface area contributed by atoms with Crippen molar-refractivity contribution in [3.63, 3.8) is 0 Å². The Morgan fingerprint density at radius 3 is 1.78 bits per heavy atom. The fraction of sp³-hybridized carbons (Fsp3) is 0.0714. The van der Waals surface area contributed by atoms with Crippen LogP contribution in [0.25, 0.3) is 21.8 Å². The van der Waals surface area contributed by atoms with Gasteiger partial charge in [0.2, 0.25) is 0 Å². The number of fused-ring (bicyclic) bond motifs is 2. The Morgan fingerprint density at radius 1 is 0.889 bits per heavy atom. The highest BCUT2D eigenvalue weighted by molar-refractivity contribution is 6.37. The molecule has 0 saturated heterocycles. The lowest BCUT2D eigenvalue weighted by Gasteiger charge is -2.11. The Kier molecular flexibility index (Phi) is 2.58. The topological polar surface area (TPSA) is 22.0 Å². The molecule has 3 aromatic rings. The van der Waals surface area contributed by atoms with Gasteiger partial charge in [0.05, 0.1) is 31.9 Å². The fourth-order valence-corrected chi connectivity index (χ4v) is 2.80. The van der Waals surface area contributed by atoms with Crippen LogP contribution in [0.2, 0.25) is 10.0 Å². The van der Waals surface area contributed by atoms with Gasteiger partial charge in [-0.2, -0.15) is 0 Å². The second kappa shape index (κ2) is 4.01. The largest absolute Gasteiger partial charge is 0.343 e. The van der Waals surface area contributed by atoms with E-state index in [1.807, 2.05) is 35.9 Å². The maximum absolute atomic E-state index is 12.5. The van der Waals surface area contributed by atoms with Gasteiger partial charge in [-0.05, 0) is 24.3 Å². The van der Waals surface area contributed by atoms with E-state index in [-0.39, 0.29) is 5.43 Å². The van der Waals surface area contributed by atoms with Crippen molar-refractivity contribution in [2.45, 2.75) is 0 Å². The van der Waals surface area contributed by atoms with Gasteiger partial charge in [0, 0.05) is 7.05 Å². The monoisotopic (exact) mass is 277 g/mol. The summed E-state index contributed by atoms with van der Waals surface area (Å²) in [7, 11) is 1.90. The van der Waals surface area contributed by atoms with Crippen LogP contribution in [0, 0.1) is 0 Å². The SMILES string of the molecule is Cn1c2cccc(Cl)c2c(=O)c2c(Cl)cccc21. The first kappa shape index (κ1) is 11.6. The van der Waals surface area contributed by atoms with Gasteiger partial charge in [0.15, 0.2) is 5.43 Å². The summed E-state index contributed by atoms with van der Waals surface area (Å²) in [5.74, 6) is 0. The molecule has 0 aliphatic rings. The Bertz CT molecular complexity index is 770. The summed E-state index contributed by atoms with van der Waals surface area (Å²) in [6.45, 7) is 0. The highest BCUT2D eigenvalue weighted by Crippen LogP contribution is 2.27. The first-order valence-corrected chi connectivity index (χ1v) is 6.22. The minimum Gasteiger partial charge on any atom is -0.343 e. The van der Waals surface area contributed by atoms with E-state index >= 15 is 0 Å². The molecule has 1 aromatic heterocycles. The van der Waals surface area contributed by atoms with E-state index in [1.165, 1.54) is 0 Å². The molecule has 0 atom stereocenters. The molecule has 18 heavy (non-hydrogen) atoms. The van der Waals surface area contributed by atoms with Gasteiger partial charge in [0.1, 0.15) is 0 Å². The van der Waals surface area contributed by atoms with Gasteiger partial charge in [-0.15, -0.1) is 0 Å². The number of rotatable bonds is 0. The minimum atomic E-state index is -0.116. The lowest BCUT2D eigenvalue weighted by Crippen LogP contribution is -2.09. The van der Waals surface area contributed by atoms with Crippen molar-refractivity contribution in [2.24, 2.45) is 7.05 Å². The molecule has 0 radical (unpaired) electrons. The Hall–Kier alpha value is -1.51. The number of benzene rings is 2. The molecule has 0 aliphatic carbocycles.